The van der Waals surface area contributed by atoms with E-state index in [9.17, 15) is 83.7 Å². The van der Waals surface area contributed by atoms with E-state index in [0.717, 1.165) is 6.92 Å². The number of amides is 9. The highest BCUT2D eigenvalue weighted by molar-refractivity contribution is 5.98. The van der Waals surface area contributed by atoms with Gasteiger partial charge in [0.25, 0.3) is 0 Å². The summed E-state index contributed by atoms with van der Waals surface area (Å²) >= 11 is 0. The zero-order valence-electron chi connectivity index (χ0n) is 49.3. The Kier molecular flexibility index (Phi) is 27.5. The van der Waals surface area contributed by atoms with Gasteiger partial charge in [-0.3, -0.25) is 47.9 Å². The Labute approximate surface area is 481 Å². The molecule has 11 unspecified atom stereocenters. The van der Waals surface area contributed by atoms with Crippen molar-refractivity contribution in [2.24, 2.45) is 29.4 Å². The zero-order chi connectivity index (χ0) is 63.2. The molecule has 3 fully saturated rings. The number of hydrogen-bond donors (Lipinski definition) is 16. The molecule has 3 rings (SSSR count). The van der Waals surface area contributed by atoms with E-state index in [1.807, 2.05) is 0 Å². The van der Waals surface area contributed by atoms with Crippen molar-refractivity contribution in [3.63, 3.8) is 0 Å². The molecule has 474 valence electrons. The molecule has 3 saturated heterocycles. The minimum atomic E-state index is -1.93. The number of carboxylic acid groups (broad SMARTS) is 1. The predicted molar refractivity (Wildman–Crippen MR) is 289 cm³/mol. The lowest BCUT2D eigenvalue weighted by molar-refractivity contribution is -0.347. The predicted octanol–water partition coefficient (Wildman–Crippen LogP) is -6.36. The van der Waals surface area contributed by atoms with Crippen LogP contribution in [0.1, 0.15) is 103 Å². The topological polar surface area (TPSA) is 475 Å². The Hall–Kier alpha value is -5.74. The van der Waals surface area contributed by atoms with Crippen LogP contribution in [0.15, 0.2) is 0 Å². The van der Waals surface area contributed by atoms with Crippen LogP contribution >= 0.6 is 0 Å². The summed E-state index contributed by atoms with van der Waals surface area (Å²) in [6.45, 7) is 17.9. The third-order valence-electron chi connectivity index (χ3n) is 14.6. The van der Waals surface area contributed by atoms with Gasteiger partial charge in [0.05, 0.1) is 19.3 Å². The second kappa shape index (κ2) is 32.0. The summed E-state index contributed by atoms with van der Waals surface area (Å²) in [5.41, 5.74) is 6.38. The second-order valence-corrected chi connectivity index (χ2v) is 22.7. The van der Waals surface area contributed by atoms with Gasteiger partial charge >= 0.3 is 5.97 Å². The molecule has 0 spiro atoms. The van der Waals surface area contributed by atoms with Gasteiger partial charge in [-0.15, -0.1) is 0 Å². The van der Waals surface area contributed by atoms with Crippen LogP contribution in [-0.2, 0) is 66.9 Å². The molecule has 3 aliphatic heterocycles. The smallest absolute Gasteiger partial charge is 0.325 e. The summed E-state index contributed by atoms with van der Waals surface area (Å²) in [6, 6.07) is -12.8. The van der Waals surface area contributed by atoms with Crippen LogP contribution in [0.3, 0.4) is 0 Å². The fourth-order valence-electron chi connectivity index (χ4n) is 9.34. The van der Waals surface area contributed by atoms with Crippen LogP contribution in [0, 0.1) is 23.7 Å². The molecule has 0 radical (unpaired) electrons. The van der Waals surface area contributed by atoms with Gasteiger partial charge in [-0.1, -0.05) is 55.4 Å². The Morgan fingerprint density at radius 3 is 1.47 bits per heavy atom. The number of hydrogen-bond acceptors (Lipinski definition) is 21. The van der Waals surface area contributed by atoms with E-state index < -0.39 is 218 Å². The molecule has 0 aliphatic carbocycles. The molecular weight excluding hydrogens is 1100 g/mol. The first kappa shape index (κ1) is 71.5. The van der Waals surface area contributed by atoms with E-state index in [1.165, 1.54) is 32.6 Å². The number of nitrogens with zero attached hydrogens (tertiary/aromatic N) is 1. The third-order valence-corrected chi connectivity index (χ3v) is 14.6. The summed E-state index contributed by atoms with van der Waals surface area (Å²) in [5, 5.41) is 91.9. The number of likely N-dealkylation sites (tertiary alicyclic amines) is 1. The molecule has 0 saturated carbocycles. The van der Waals surface area contributed by atoms with E-state index in [1.54, 1.807) is 55.4 Å². The van der Waals surface area contributed by atoms with Gasteiger partial charge in [0, 0.05) is 13.5 Å². The molecule has 83 heavy (non-hydrogen) atoms. The molecule has 0 bridgehead atoms. The van der Waals surface area contributed by atoms with E-state index in [-0.39, 0.29) is 13.0 Å². The van der Waals surface area contributed by atoms with Crippen LogP contribution < -0.4 is 48.3 Å². The molecule has 31 nitrogen and oxygen atoms in total. The first-order valence-corrected chi connectivity index (χ1v) is 27.8. The first-order valence-electron chi connectivity index (χ1n) is 27.8. The van der Waals surface area contributed by atoms with Crippen LogP contribution in [0.5, 0.6) is 0 Å². The Balaban J connectivity index is 1.66. The SMILES string of the molecule is CC(=O)NC1C(O[C@@H]2OC(CO)[C@H](O)C(O)C2O)[C@@H](O)C(CO)O[C@@H]1OC(C)[C@H](N)C(=O)NC(C(=O)N1CCC[C@H]1C(=O)NC(C)C(=O)N[C@@H](C)C(=O)NC(C(=O)N[C@H](C(=O)NC(C(=O)N[C@@H](C)C(=O)O)C(C)C)C(C)C)C(C)C)C(C)C. The Bertz CT molecular complexity index is 2260. The minimum absolute atomic E-state index is 0.0872. The number of aliphatic hydroxyl groups is 6. The maximum absolute atomic E-state index is 14.2. The van der Waals surface area contributed by atoms with E-state index in [2.05, 4.69) is 42.5 Å². The van der Waals surface area contributed by atoms with Gasteiger partial charge in [0.15, 0.2) is 12.6 Å². The number of carboxylic acids is 1. The standard InChI is InChI=1S/C52H90N10O21/c1-19(2)32(46(74)56-25(11)50(78)79)59-48(76)34(21(5)6)60-47(75)33(20(3)4)58-43(71)24(10)54-42(70)23(9)55-44(72)28-15-14-16-62(28)49(77)35(22(7)8)61-45(73)31(53)26(12)80-51-36(57-27(13)65)41(38(67)30(18-64)81-51)83-52-40(69)39(68)37(66)29(17-63)82-52/h19-26,28-41,51-52,63-64,66-69H,14-18,53H2,1-13H3,(H,54,70)(H,55,72)(H,56,74)(H,57,65)(H,58,71)(H,59,76)(H,60,75)(H,61,73)(H,78,79)/t23?,24-,25-,26?,28-,29?,30?,31-,32?,33?,34-,35?,36?,37-,38-,39?,40?,41?,51-,52-/m0/s1. The Morgan fingerprint density at radius 1 is 0.554 bits per heavy atom. The number of rotatable bonds is 28. The summed E-state index contributed by atoms with van der Waals surface area (Å²) in [5.74, 6) is -10.2. The normalized spacial score (nSPS) is 27.9. The summed E-state index contributed by atoms with van der Waals surface area (Å²) in [6.07, 6.45) is -16.1. The largest absolute Gasteiger partial charge is 0.480 e. The van der Waals surface area contributed by atoms with Crippen molar-refractivity contribution in [1.82, 2.24) is 47.4 Å². The van der Waals surface area contributed by atoms with Crippen molar-refractivity contribution in [2.75, 3.05) is 19.8 Å². The van der Waals surface area contributed by atoms with Crippen LogP contribution in [-0.4, -0.2) is 241 Å². The lowest BCUT2D eigenvalue weighted by Crippen LogP contribution is -2.68. The Morgan fingerprint density at radius 2 is 0.988 bits per heavy atom. The molecule has 17 N–H and O–H groups in total. The lowest BCUT2D eigenvalue weighted by Gasteiger charge is -2.48. The summed E-state index contributed by atoms with van der Waals surface area (Å²) in [7, 11) is 0. The van der Waals surface area contributed by atoms with Gasteiger partial charge in [-0.05, 0) is 64.2 Å². The number of nitrogens with one attached hydrogen (secondary N) is 8. The van der Waals surface area contributed by atoms with Crippen LogP contribution in [0.2, 0.25) is 0 Å². The molecule has 20 atom stereocenters. The molecule has 0 aromatic heterocycles. The van der Waals surface area contributed by atoms with Gasteiger partial charge in [0.1, 0.15) is 103 Å². The maximum atomic E-state index is 14.2. The van der Waals surface area contributed by atoms with Crippen molar-refractivity contribution in [2.45, 2.75) is 225 Å². The highest BCUT2D eigenvalue weighted by atomic mass is 16.7. The highest BCUT2D eigenvalue weighted by Gasteiger charge is 2.52. The van der Waals surface area contributed by atoms with Crippen molar-refractivity contribution in [3.8, 4) is 0 Å². The van der Waals surface area contributed by atoms with Gasteiger partial charge in [-0.2, -0.15) is 0 Å². The molecule has 3 aliphatic rings. The van der Waals surface area contributed by atoms with Crippen LogP contribution in [0.4, 0.5) is 0 Å². The van der Waals surface area contributed by atoms with Gasteiger partial charge in [-0.25, -0.2) is 0 Å². The van der Waals surface area contributed by atoms with Crippen molar-refractivity contribution >= 4 is 59.1 Å². The fraction of sp³-hybridized carbons (Fsp3) is 0.808. The van der Waals surface area contributed by atoms with Gasteiger partial charge in [0.2, 0.25) is 53.2 Å². The lowest BCUT2D eigenvalue weighted by atomic mass is 9.95. The summed E-state index contributed by atoms with van der Waals surface area (Å²) in [4.78, 5) is 134. The molecule has 0 aromatic rings. The fourth-order valence-corrected chi connectivity index (χ4v) is 9.34. The van der Waals surface area contributed by atoms with E-state index >= 15 is 0 Å². The molecular formula is C52H90N10O21. The number of ether oxygens (including phenoxy) is 4. The van der Waals surface area contributed by atoms with E-state index in [4.69, 9.17) is 24.7 Å². The average molecular weight is 1190 g/mol. The summed E-state index contributed by atoms with van der Waals surface area (Å²) < 4.78 is 23.1. The highest BCUT2D eigenvalue weighted by Crippen LogP contribution is 2.31. The third kappa shape index (κ3) is 19.1. The number of carbonyl (C=O) groups excluding carboxylic acids is 9. The zero-order valence-corrected chi connectivity index (χ0v) is 49.3. The average Bonchev–Trinajstić information content (AvgIpc) is 3.93. The number of aliphatic hydroxyl groups excluding tert-OH is 6. The molecule has 0 aromatic carbocycles. The molecule has 31 heteroatoms. The monoisotopic (exact) mass is 1190 g/mol. The van der Waals surface area contributed by atoms with Gasteiger partial charge < -0.3 is 108 Å². The minimum Gasteiger partial charge on any atom is -0.480 e. The van der Waals surface area contributed by atoms with E-state index in [0.29, 0.717) is 6.42 Å². The van der Waals surface area contributed by atoms with Crippen molar-refractivity contribution < 1.29 is 103 Å². The van der Waals surface area contributed by atoms with Crippen molar-refractivity contribution in [3.05, 3.63) is 0 Å². The molecule has 3 heterocycles. The molecule has 9 amide bonds. The quantitative estimate of drug-likeness (QED) is 0.0346. The second-order valence-electron chi connectivity index (χ2n) is 22.7. The first-order chi connectivity index (χ1) is 38.6. The number of aliphatic carboxylic acids is 1. The number of carbonyl (C=O) groups is 10. The maximum Gasteiger partial charge on any atom is 0.325 e. The van der Waals surface area contributed by atoms with Crippen molar-refractivity contribution in [1.29, 1.82) is 0 Å². The van der Waals surface area contributed by atoms with Crippen LogP contribution in [0.25, 0.3) is 0 Å². The number of nitrogens with two attached hydrogens (primary N) is 1.